The Labute approximate surface area is 119 Å². The molecule has 1 atom stereocenters. The summed E-state index contributed by atoms with van der Waals surface area (Å²) in [6.07, 6.45) is 0.365. The van der Waals surface area contributed by atoms with Crippen molar-refractivity contribution in [1.29, 1.82) is 0 Å². The number of Topliss-reactive ketones (excluding diaryl/α,β-unsaturated/α-hetero) is 1. The van der Waals surface area contributed by atoms with E-state index in [1.165, 1.54) is 6.92 Å². The molecule has 104 valence electrons. The van der Waals surface area contributed by atoms with Crippen molar-refractivity contribution in [2.75, 3.05) is 13.1 Å². The summed E-state index contributed by atoms with van der Waals surface area (Å²) in [5, 5.41) is 0.598. The van der Waals surface area contributed by atoms with Crippen molar-refractivity contribution in [1.82, 2.24) is 4.90 Å². The maximum absolute atomic E-state index is 12.3. The van der Waals surface area contributed by atoms with Gasteiger partial charge in [-0.1, -0.05) is 29.8 Å². The number of hydrogen-bond donors (Lipinski definition) is 0. The third-order valence-electron chi connectivity index (χ3n) is 3.25. The Bertz CT molecular complexity index is 455. The second kappa shape index (κ2) is 7.29. The molecule has 0 fully saturated rings. The molecule has 0 unspecified atom stereocenters. The average molecular weight is 282 g/mol. The molecule has 0 aliphatic heterocycles. The molecule has 1 rings (SSSR count). The minimum absolute atomic E-state index is 0.114. The molecule has 4 heteroatoms. The van der Waals surface area contributed by atoms with Gasteiger partial charge in [0.1, 0.15) is 11.7 Å². The van der Waals surface area contributed by atoms with Crippen LogP contribution in [0.3, 0.4) is 0 Å². The standard InChI is InChI=1S/C15H20ClNO2/c1-4-17(5-2)15(19)13(11(3)18)10-12-8-6-7-9-14(12)16/h6-9,13H,4-5,10H2,1-3H3/t13-/m1/s1. The van der Waals surface area contributed by atoms with Gasteiger partial charge in [-0.25, -0.2) is 0 Å². The highest BCUT2D eigenvalue weighted by molar-refractivity contribution is 6.31. The van der Waals surface area contributed by atoms with E-state index in [9.17, 15) is 9.59 Å². The highest BCUT2D eigenvalue weighted by Crippen LogP contribution is 2.20. The summed E-state index contributed by atoms with van der Waals surface area (Å²) in [6.45, 7) is 6.51. The first kappa shape index (κ1) is 15.7. The van der Waals surface area contributed by atoms with E-state index in [1.807, 2.05) is 32.0 Å². The Morgan fingerprint density at radius 1 is 1.21 bits per heavy atom. The monoisotopic (exact) mass is 281 g/mol. The molecule has 1 aromatic carbocycles. The van der Waals surface area contributed by atoms with Gasteiger partial charge in [-0.2, -0.15) is 0 Å². The van der Waals surface area contributed by atoms with Gasteiger partial charge in [-0.15, -0.1) is 0 Å². The van der Waals surface area contributed by atoms with E-state index < -0.39 is 5.92 Å². The number of halogens is 1. The first-order chi connectivity index (χ1) is 9.01. The molecule has 0 spiro atoms. The normalized spacial score (nSPS) is 12.0. The van der Waals surface area contributed by atoms with Crippen LogP contribution in [0.5, 0.6) is 0 Å². The van der Waals surface area contributed by atoms with Crippen molar-refractivity contribution in [2.45, 2.75) is 27.2 Å². The molecule has 1 amide bonds. The van der Waals surface area contributed by atoms with Crippen LogP contribution in [0.15, 0.2) is 24.3 Å². The maximum atomic E-state index is 12.3. The summed E-state index contributed by atoms with van der Waals surface area (Å²) in [5.74, 6) is -0.867. The van der Waals surface area contributed by atoms with Crippen LogP contribution >= 0.6 is 11.6 Å². The molecule has 19 heavy (non-hydrogen) atoms. The van der Waals surface area contributed by atoms with Gasteiger partial charge in [0.25, 0.3) is 0 Å². The molecule has 0 saturated heterocycles. The van der Waals surface area contributed by atoms with Crippen molar-refractivity contribution >= 4 is 23.3 Å². The highest BCUT2D eigenvalue weighted by Gasteiger charge is 2.27. The Kier molecular flexibility index (Phi) is 6.03. The lowest BCUT2D eigenvalue weighted by atomic mass is 9.94. The summed E-state index contributed by atoms with van der Waals surface area (Å²) in [5.41, 5.74) is 0.838. The number of carbonyl (C=O) groups is 2. The van der Waals surface area contributed by atoms with Gasteiger partial charge in [0.2, 0.25) is 5.91 Å². The lowest BCUT2D eigenvalue weighted by Crippen LogP contribution is -2.39. The molecular weight excluding hydrogens is 262 g/mol. The summed E-state index contributed by atoms with van der Waals surface area (Å²) < 4.78 is 0. The lowest BCUT2D eigenvalue weighted by molar-refractivity contribution is -0.140. The molecule has 0 aliphatic rings. The second-order valence-electron chi connectivity index (χ2n) is 4.47. The van der Waals surface area contributed by atoms with Gasteiger partial charge in [0.05, 0.1) is 0 Å². The zero-order chi connectivity index (χ0) is 14.4. The topological polar surface area (TPSA) is 37.4 Å². The lowest BCUT2D eigenvalue weighted by Gasteiger charge is -2.24. The van der Waals surface area contributed by atoms with Gasteiger partial charge < -0.3 is 4.90 Å². The van der Waals surface area contributed by atoms with Gasteiger partial charge in [-0.05, 0) is 38.8 Å². The highest BCUT2D eigenvalue weighted by atomic mass is 35.5. The van der Waals surface area contributed by atoms with Crippen LogP contribution in [0, 0.1) is 5.92 Å². The zero-order valence-corrected chi connectivity index (χ0v) is 12.4. The Morgan fingerprint density at radius 3 is 2.26 bits per heavy atom. The Balaban J connectivity index is 2.94. The molecule has 0 bridgehead atoms. The molecular formula is C15H20ClNO2. The molecule has 0 aliphatic carbocycles. The van der Waals surface area contributed by atoms with E-state index in [4.69, 9.17) is 11.6 Å². The van der Waals surface area contributed by atoms with Crippen molar-refractivity contribution < 1.29 is 9.59 Å². The van der Waals surface area contributed by atoms with Crippen LogP contribution in [-0.4, -0.2) is 29.7 Å². The smallest absolute Gasteiger partial charge is 0.233 e. The van der Waals surface area contributed by atoms with E-state index in [2.05, 4.69) is 0 Å². The molecule has 3 nitrogen and oxygen atoms in total. The maximum Gasteiger partial charge on any atom is 0.233 e. The number of carbonyl (C=O) groups excluding carboxylic acids is 2. The molecule has 0 aromatic heterocycles. The molecule has 1 aromatic rings. The molecule has 0 heterocycles. The van der Waals surface area contributed by atoms with Gasteiger partial charge in [0, 0.05) is 18.1 Å². The van der Waals surface area contributed by atoms with Crippen LogP contribution in [0.25, 0.3) is 0 Å². The number of benzene rings is 1. The fourth-order valence-corrected chi connectivity index (χ4v) is 2.26. The third-order valence-corrected chi connectivity index (χ3v) is 3.61. The first-order valence-electron chi connectivity index (χ1n) is 6.53. The van der Waals surface area contributed by atoms with Gasteiger partial charge in [0.15, 0.2) is 0 Å². The first-order valence-corrected chi connectivity index (χ1v) is 6.91. The Morgan fingerprint density at radius 2 is 1.79 bits per heavy atom. The third kappa shape index (κ3) is 4.06. The minimum Gasteiger partial charge on any atom is -0.343 e. The number of hydrogen-bond acceptors (Lipinski definition) is 2. The molecule has 0 N–H and O–H groups in total. The van der Waals surface area contributed by atoms with Crippen LogP contribution in [-0.2, 0) is 16.0 Å². The van der Waals surface area contributed by atoms with E-state index in [0.717, 1.165) is 5.56 Å². The summed E-state index contributed by atoms with van der Waals surface area (Å²) in [7, 11) is 0. The number of amides is 1. The van der Waals surface area contributed by atoms with E-state index in [0.29, 0.717) is 24.5 Å². The predicted molar refractivity (Wildman–Crippen MR) is 77.3 cm³/mol. The fraction of sp³-hybridized carbons (Fsp3) is 0.467. The summed E-state index contributed by atoms with van der Waals surface area (Å²) >= 11 is 6.09. The number of nitrogens with zero attached hydrogens (tertiary/aromatic N) is 1. The van der Waals surface area contributed by atoms with Crippen molar-refractivity contribution in [3.63, 3.8) is 0 Å². The van der Waals surface area contributed by atoms with Crippen LogP contribution < -0.4 is 0 Å². The van der Waals surface area contributed by atoms with Crippen molar-refractivity contribution in [2.24, 2.45) is 5.92 Å². The fourth-order valence-electron chi connectivity index (χ4n) is 2.04. The zero-order valence-electron chi connectivity index (χ0n) is 11.6. The minimum atomic E-state index is -0.639. The van der Waals surface area contributed by atoms with Crippen LogP contribution in [0.2, 0.25) is 5.02 Å². The van der Waals surface area contributed by atoms with E-state index in [-0.39, 0.29) is 11.7 Å². The molecule has 0 saturated carbocycles. The van der Waals surface area contributed by atoms with E-state index >= 15 is 0 Å². The van der Waals surface area contributed by atoms with Gasteiger partial charge >= 0.3 is 0 Å². The summed E-state index contributed by atoms with van der Waals surface area (Å²) in [4.78, 5) is 25.8. The largest absolute Gasteiger partial charge is 0.343 e. The molecule has 0 radical (unpaired) electrons. The number of rotatable bonds is 6. The van der Waals surface area contributed by atoms with Gasteiger partial charge in [-0.3, -0.25) is 9.59 Å². The summed E-state index contributed by atoms with van der Waals surface area (Å²) in [6, 6.07) is 7.32. The van der Waals surface area contributed by atoms with Crippen molar-refractivity contribution in [3.8, 4) is 0 Å². The second-order valence-corrected chi connectivity index (χ2v) is 4.88. The van der Waals surface area contributed by atoms with Crippen molar-refractivity contribution in [3.05, 3.63) is 34.9 Å². The van der Waals surface area contributed by atoms with E-state index in [1.54, 1.807) is 11.0 Å². The SMILES string of the molecule is CCN(CC)C(=O)[C@H](Cc1ccccc1Cl)C(C)=O. The number of ketones is 1. The van der Waals surface area contributed by atoms with Crippen LogP contribution in [0.4, 0.5) is 0 Å². The van der Waals surface area contributed by atoms with Crippen LogP contribution in [0.1, 0.15) is 26.3 Å². The Hall–Kier alpha value is -1.35. The average Bonchev–Trinajstić information content (AvgIpc) is 2.38. The quantitative estimate of drug-likeness (QED) is 0.752. The predicted octanol–water partition coefficient (Wildman–Crippen LogP) is 2.96.